The van der Waals surface area contributed by atoms with Crippen molar-refractivity contribution in [1.82, 2.24) is 0 Å². The minimum absolute atomic E-state index is 0.640. The third-order valence-electron chi connectivity index (χ3n) is 8.36. The van der Waals surface area contributed by atoms with Crippen molar-refractivity contribution >= 4 is 0 Å². The van der Waals surface area contributed by atoms with E-state index in [1.165, 1.54) is 19.3 Å². The Morgan fingerprint density at radius 1 is 0.619 bits per heavy atom. The van der Waals surface area contributed by atoms with E-state index >= 15 is 0 Å². The van der Waals surface area contributed by atoms with Gasteiger partial charge in [-0.05, 0) is 85.9 Å². The minimum Gasteiger partial charge on any atom is -0.0596 e. The van der Waals surface area contributed by atoms with E-state index in [1.807, 2.05) is 0 Å². The fraction of sp³-hybridized carbons (Fsp3) is 1.00. The van der Waals surface area contributed by atoms with Gasteiger partial charge in [-0.3, -0.25) is 0 Å². The highest BCUT2D eigenvalue weighted by atomic mass is 14.5. The molecular formula is C21H36. The van der Waals surface area contributed by atoms with Gasteiger partial charge in [-0.1, -0.05) is 46.0 Å². The van der Waals surface area contributed by atoms with Gasteiger partial charge in [0.2, 0.25) is 0 Å². The Labute approximate surface area is 132 Å². The van der Waals surface area contributed by atoms with E-state index in [0.717, 1.165) is 35.5 Å². The van der Waals surface area contributed by atoms with Crippen molar-refractivity contribution in [2.24, 2.45) is 40.9 Å². The van der Waals surface area contributed by atoms with Crippen molar-refractivity contribution in [3.05, 3.63) is 0 Å². The molecule has 6 atom stereocenters. The Morgan fingerprint density at radius 2 is 1.33 bits per heavy atom. The molecular weight excluding hydrogens is 252 g/mol. The van der Waals surface area contributed by atoms with Crippen LogP contribution in [0.3, 0.4) is 0 Å². The van der Waals surface area contributed by atoms with E-state index < -0.39 is 0 Å². The second kappa shape index (κ2) is 5.57. The molecule has 0 aromatic heterocycles. The topological polar surface area (TPSA) is 0 Å². The molecule has 0 saturated heterocycles. The van der Waals surface area contributed by atoms with Crippen LogP contribution in [0.2, 0.25) is 0 Å². The highest BCUT2D eigenvalue weighted by Crippen LogP contribution is 2.58. The first-order chi connectivity index (χ1) is 10.1. The molecule has 0 nitrogen and oxygen atoms in total. The van der Waals surface area contributed by atoms with Gasteiger partial charge in [0, 0.05) is 0 Å². The molecule has 4 aliphatic carbocycles. The highest BCUT2D eigenvalue weighted by molar-refractivity contribution is 4.98. The first kappa shape index (κ1) is 14.6. The van der Waals surface area contributed by atoms with Gasteiger partial charge in [0.1, 0.15) is 0 Å². The third kappa shape index (κ3) is 2.59. The molecule has 0 radical (unpaired) electrons. The van der Waals surface area contributed by atoms with Crippen molar-refractivity contribution in [1.29, 1.82) is 0 Å². The normalized spacial score (nSPS) is 49.4. The van der Waals surface area contributed by atoms with Crippen molar-refractivity contribution in [3.63, 3.8) is 0 Å². The maximum Gasteiger partial charge on any atom is -0.0323 e. The molecule has 4 aliphatic rings. The Kier molecular flexibility index (Phi) is 3.87. The largest absolute Gasteiger partial charge is 0.0596 e. The maximum atomic E-state index is 2.58. The Bertz CT molecular complexity index is 368. The third-order valence-corrected chi connectivity index (χ3v) is 8.36. The molecule has 4 fully saturated rings. The van der Waals surface area contributed by atoms with Crippen LogP contribution in [-0.4, -0.2) is 0 Å². The summed E-state index contributed by atoms with van der Waals surface area (Å²) >= 11 is 0. The molecule has 0 N–H and O–H groups in total. The van der Waals surface area contributed by atoms with Gasteiger partial charge < -0.3 is 0 Å². The number of fused-ring (bicyclic) bond motifs is 3. The van der Waals surface area contributed by atoms with Gasteiger partial charge in [-0.25, -0.2) is 0 Å². The molecule has 0 amide bonds. The first-order valence-electron chi connectivity index (χ1n) is 10.1. The van der Waals surface area contributed by atoms with Crippen LogP contribution < -0.4 is 0 Å². The van der Waals surface area contributed by atoms with Crippen LogP contribution in [0.5, 0.6) is 0 Å². The van der Waals surface area contributed by atoms with E-state index in [1.54, 1.807) is 57.8 Å². The van der Waals surface area contributed by atoms with Crippen LogP contribution in [0.1, 0.15) is 90.9 Å². The SMILES string of the molecule is CC1(C)CCCCC1C1CCC2C(CC3CCCCC32)C1. The number of hydrogen-bond donors (Lipinski definition) is 0. The van der Waals surface area contributed by atoms with Crippen LogP contribution in [0.4, 0.5) is 0 Å². The molecule has 4 rings (SSSR count). The van der Waals surface area contributed by atoms with Gasteiger partial charge in [0.25, 0.3) is 0 Å². The van der Waals surface area contributed by atoms with Crippen LogP contribution in [0.25, 0.3) is 0 Å². The Hall–Kier alpha value is 0. The molecule has 0 spiro atoms. The monoisotopic (exact) mass is 288 g/mol. The summed E-state index contributed by atoms with van der Waals surface area (Å²) in [7, 11) is 0. The van der Waals surface area contributed by atoms with Crippen molar-refractivity contribution in [2.75, 3.05) is 0 Å². The van der Waals surface area contributed by atoms with E-state index in [9.17, 15) is 0 Å². The standard InChI is InChI=1S/C21H36/c1-21(2)12-6-5-9-20(21)16-10-11-19-17(14-16)13-15-7-3-4-8-18(15)19/h15-20H,3-14H2,1-2H3. The zero-order valence-corrected chi connectivity index (χ0v) is 14.4. The molecule has 120 valence electrons. The molecule has 4 saturated carbocycles. The summed E-state index contributed by atoms with van der Waals surface area (Å²) in [5.74, 6) is 6.72. The Balaban J connectivity index is 1.45. The summed E-state index contributed by atoms with van der Waals surface area (Å²) < 4.78 is 0. The van der Waals surface area contributed by atoms with Gasteiger partial charge in [-0.15, -0.1) is 0 Å². The van der Waals surface area contributed by atoms with Crippen LogP contribution >= 0.6 is 0 Å². The van der Waals surface area contributed by atoms with E-state index in [-0.39, 0.29) is 0 Å². The summed E-state index contributed by atoms with van der Waals surface area (Å²) in [6, 6.07) is 0. The fourth-order valence-corrected chi connectivity index (χ4v) is 7.40. The van der Waals surface area contributed by atoms with Crippen molar-refractivity contribution < 1.29 is 0 Å². The first-order valence-corrected chi connectivity index (χ1v) is 10.1. The molecule has 0 heterocycles. The summed E-state index contributed by atoms with van der Waals surface area (Å²) in [4.78, 5) is 0. The van der Waals surface area contributed by atoms with Gasteiger partial charge in [0.05, 0.1) is 0 Å². The predicted octanol–water partition coefficient (Wildman–Crippen LogP) is 6.45. The van der Waals surface area contributed by atoms with Crippen LogP contribution in [-0.2, 0) is 0 Å². The summed E-state index contributed by atoms with van der Waals surface area (Å²) in [6.07, 6.45) is 18.7. The van der Waals surface area contributed by atoms with Gasteiger partial charge >= 0.3 is 0 Å². The molecule has 0 bridgehead atoms. The fourth-order valence-electron chi connectivity index (χ4n) is 7.40. The molecule has 0 heteroatoms. The van der Waals surface area contributed by atoms with E-state index in [4.69, 9.17) is 0 Å². The molecule has 21 heavy (non-hydrogen) atoms. The summed E-state index contributed by atoms with van der Waals surface area (Å²) in [5, 5.41) is 0. The predicted molar refractivity (Wildman–Crippen MR) is 90.1 cm³/mol. The molecule has 0 aromatic rings. The van der Waals surface area contributed by atoms with Gasteiger partial charge in [0.15, 0.2) is 0 Å². The second-order valence-electron chi connectivity index (χ2n) is 9.78. The quantitative estimate of drug-likeness (QED) is 0.520. The lowest BCUT2D eigenvalue weighted by Crippen LogP contribution is -2.37. The van der Waals surface area contributed by atoms with Crippen molar-refractivity contribution in [2.45, 2.75) is 90.9 Å². The lowest BCUT2D eigenvalue weighted by molar-refractivity contribution is 0.0324. The molecule has 6 unspecified atom stereocenters. The zero-order valence-electron chi connectivity index (χ0n) is 14.4. The summed E-state index contributed by atoms with van der Waals surface area (Å²) in [5.41, 5.74) is 0.640. The smallest absolute Gasteiger partial charge is 0.0323 e. The lowest BCUT2D eigenvalue weighted by atomic mass is 9.58. The van der Waals surface area contributed by atoms with E-state index in [2.05, 4.69) is 13.8 Å². The second-order valence-corrected chi connectivity index (χ2v) is 9.78. The lowest BCUT2D eigenvalue weighted by Gasteiger charge is -2.47. The highest BCUT2D eigenvalue weighted by Gasteiger charge is 2.48. The van der Waals surface area contributed by atoms with E-state index in [0.29, 0.717) is 5.41 Å². The average molecular weight is 289 g/mol. The molecule has 0 aromatic carbocycles. The maximum absolute atomic E-state index is 2.58. The zero-order chi connectivity index (χ0) is 14.4. The summed E-state index contributed by atoms with van der Waals surface area (Å²) in [6.45, 7) is 5.16. The minimum atomic E-state index is 0.640. The number of hydrogen-bond acceptors (Lipinski definition) is 0. The molecule has 0 aliphatic heterocycles. The van der Waals surface area contributed by atoms with Crippen molar-refractivity contribution in [3.8, 4) is 0 Å². The Morgan fingerprint density at radius 3 is 2.19 bits per heavy atom. The van der Waals surface area contributed by atoms with Crippen LogP contribution in [0.15, 0.2) is 0 Å². The van der Waals surface area contributed by atoms with Gasteiger partial charge in [-0.2, -0.15) is 0 Å². The van der Waals surface area contributed by atoms with Crippen LogP contribution in [0, 0.1) is 40.9 Å². The average Bonchev–Trinajstić information content (AvgIpc) is 2.84. The number of rotatable bonds is 1.